The third-order valence-corrected chi connectivity index (χ3v) is 3.11. The van der Waals surface area contributed by atoms with Crippen molar-refractivity contribution in [1.29, 1.82) is 0 Å². The van der Waals surface area contributed by atoms with Gasteiger partial charge in [-0.2, -0.15) is 0 Å². The van der Waals surface area contributed by atoms with Crippen molar-refractivity contribution in [3.05, 3.63) is 41.1 Å². The molecule has 2 rings (SSSR count). The number of hydrogen-bond acceptors (Lipinski definition) is 3. The van der Waals surface area contributed by atoms with Crippen LogP contribution < -0.4 is 5.32 Å². The summed E-state index contributed by atoms with van der Waals surface area (Å²) in [6.45, 7) is 2.80. The van der Waals surface area contributed by atoms with Gasteiger partial charge in [-0.3, -0.25) is 0 Å². The second kappa shape index (κ2) is 5.87. The van der Waals surface area contributed by atoms with Gasteiger partial charge in [0, 0.05) is 25.9 Å². The Morgan fingerprint density at radius 2 is 2.22 bits per heavy atom. The van der Waals surface area contributed by atoms with E-state index in [9.17, 15) is 0 Å². The maximum absolute atomic E-state index is 6.18. The smallest absolute Gasteiger partial charge is 0.126 e. The Kier molecular flexibility index (Phi) is 4.20. The number of hydrogen-bond donors (Lipinski definition) is 1. The van der Waals surface area contributed by atoms with Gasteiger partial charge in [-0.05, 0) is 18.6 Å². The normalized spacial score (nSPS) is 10.6. The van der Waals surface area contributed by atoms with Gasteiger partial charge in [0.2, 0.25) is 0 Å². The van der Waals surface area contributed by atoms with E-state index in [1.54, 1.807) is 0 Å². The molecule has 18 heavy (non-hydrogen) atoms. The fourth-order valence-electron chi connectivity index (χ4n) is 1.83. The first-order valence-electron chi connectivity index (χ1n) is 6.07. The van der Waals surface area contributed by atoms with Crippen LogP contribution in [0, 0.1) is 0 Å². The van der Waals surface area contributed by atoms with Gasteiger partial charge in [-0.15, -0.1) is 0 Å². The first-order valence-corrected chi connectivity index (χ1v) is 6.45. The van der Waals surface area contributed by atoms with Crippen LogP contribution in [0.5, 0.6) is 0 Å². The van der Waals surface area contributed by atoms with Crippen molar-refractivity contribution in [2.45, 2.75) is 26.3 Å². The lowest BCUT2D eigenvalue weighted by Gasteiger charge is -2.09. The van der Waals surface area contributed by atoms with E-state index in [1.807, 2.05) is 31.6 Å². The summed E-state index contributed by atoms with van der Waals surface area (Å²) in [6.07, 6.45) is 5.83. The van der Waals surface area contributed by atoms with E-state index < -0.39 is 0 Å². The van der Waals surface area contributed by atoms with Crippen molar-refractivity contribution in [3.63, 3.8) is 0 Å². The Hall–Kier alpha value is -1.55. The van der Waals surface area contributed by atoms with E-state index in [4.69, 9.17) is 11.6 Å². The van der Waals surface area contributed by atoms with Crippen LogP contribution >= 0.6 is 11.6 Å². The molecule has 0 aliphatic carbocycles. The molecule has 0 spiro atoms. The second-order valence-corrected chi connectivity index (χ2v) is 4.50. The summed E-state index contributed by atoms with van der Waals surface area (Å²) in [4.78, 5) is 8.83. The zero-order valence-electron chi connectivity index (χ0n) is 10.7. The molecule has 0 saturated carbocycles. The van der Waals surface area contributed by atoms with Crippen LogP contribution in [0.15, 0.2) is 24.5 Å². The molecule has 0 bridgehead atoms. The molecule has 0 radical (unpaired) electrons. The van der Waals surface area contributed by atoms with Gasteiger partial charge in [0.15, 0.2) is 0 Å². The van der Waals surface area contributed by atoms with Gasteiger partial charge in [0.25, 0.3) is 0 Å². The lowest BCUT2D eigenvalue weighted by molar-refractivity contribution is 0.694. The fourth-order valence-corrected chi connectivity index (χ4v) is 2.00. The highest BCUT2D eigenvalue weighted by molar-refractivity contribution is 6.31. The summed E-state index contributed by atoms with van der Waals surface area (Å²) in [5, 5.41) is 3.70. The molecule has 0 amide bonds. The quantitative estimate of drug-likeness (QED) is 0.903. The second-order valence-electron chi connectivity index (χ2n) is 4.10. The summed E-state index contributed by atoms with van der Waals surface area (Å²) < 4.78 is 2.09. The number of pyridine rings is 1. The molecule has 1 N–H and O–H groups in total. The van der Waals surface area contributed by atoms with Gasteiger partial charge in [-0.25, -0.2) is 9.97 Å². The third kappa shape index (κ3) is 2.82. The van der Waals surface area contributed by atoms with Crippen molar-refractivity contribution in [2.75, 3.05) is 12.4 Å². The highest BCUT2D eigenvalue weighted by Gasteiger charge is 2.07. The molecule has 5 heteroatoms. The number of nitrogens with zero attached hydrogens (tertiary/aromatic N) is 3. The lowest BCUT2D eigenvalue weighted by Crippen LogP contribution is -2.07. The van der Waals surface area contributed by atoms with Crippen LogP contribution in [0.25, 0.3) is 0 Å². The SMILES string of the molecule is CCCc1nccn1Cc1nc(NC)ccc1Cl. The van der Waals surface area contributed by atoms with Crippen molar-refractivity contribution >= 4 is 17.4 Å². The molecule has 0 aliphatic heterocycles. The predicted octanol–water partition coefficient (Wildman–Crippen LogP) is 2.97. The molecule has 0 fully saturated rings. The van der Waals surface area contributed by atoms with E-state index in [0.717, 1.165) is 30.2 Å². The molecule has 2 aromatic heterocycles. The first-order chi connectivity index (χ1) is 8.74. The average molecular weight is 265 g/mol. The molecule has 2 aromatic rings. The minimum atomic E-state index is 0.656. The molecule has 0 aromatic carbocycles. The Bertz CT molecular complexity index is 521. The molecule has 0 saturated heterocycles. The fraction of sp³-hybridized carbons (Fsp3) is 0.385. The van der Waals surface area contributed by atoms with Gasteiger partial charge in [0.05, 0.1) is 17.3 Å². The molecule has 0 unspecified atom stereocenters. The summed E-state index contributed by atoms with van der Waals surface area (Å²) >= 11 is 6.18. The highest BCUT2D eigenvalue weighted by atomic mass is 35.5. The molecular weight excluding hydrogens is 248 g/mol. The summed E-state index contributed by atoms with van der Waals surface area (Å²) in [7, 11) is 1.85. The minimum Gasteiger partial charge on any atom is -0.373 e. The van der Waals surface area contributed by atoms with Crippen molar-refractivity contribution in [3.8, 4) is 0 Å². The maximum Gasteiger partial charge on any atom is 0.126 e. The van der Waals surface area contributed by atoms with Crippen LogP contribution in [-0.2, 0) is 13.0 Å². The van der Waals surface area contributed by atoms with Crippen LogP contribution in [0.3, 0.4) is 0 Å². The summed E-state index contributed by atoms with van der Waals surface area (Å²) in [6, 6.07) is 3.73. The Morgan fingerprint density at radius 1 is 1.39 bits per heavy atom. The lowest BCUT2D eigenvalue weighted by atomic mass is 10.3. The zero-order valence-corrected chi connectivity index (χ0v) is 11.4. The third-order valence-electron chi connectivity index (χ3n) is 2.77. The maximum atomic E-state index is 6.18. The van der Waals surface area contributed by atoms with Gasteiger partial charge in [0.1, 0.15) is 11.6 Å². The minimum absolute atomic E-state index is 0.656. The number of halogens is 1. The van der Waals surface area contributed by atoms with Crippen molar-refractivity contribution in [2.24, 2.45) is 0 Å². The van der Waals surface area contributed by atoms with E-state index in [2.05, 4.69) is 26.8 Å². The molecule has 0 aliphatic rings. The largest absolute Gasteiger partial charge is 0.373 e. The van der Waals surface area contributed by atoms with Gasteiger partial charge in [-0.1, -0.05) is 18.5 Å². The summed E-state index contributed by atoms with van der Waals surface area (Å²) in [5.41, 5.74) is 0.860. The molecule has 0 atom stereocenters. The number of anilines is 1. The Labute approximate surface area is 112 Å². The topological polar surface area (TPSA) is 42.7 Å². The zero-order chi connectivity index (χ0) is 13.0. The van der Waals surface area contributed by atoms with E-state index in [1.165, 1.54) is 0 Å². The number of rotatable bonds is 5. The van der Waals surface area contributed by atoms with Crippen LogP contribution in [-0.4, -0.2) is 21.6 Å². The number of aryl methyl sites for hydroxylation is 1. The number of imidazole rings is 1. The van der Waals surface area contributed by atoms with Gasteiger partial charge < -0.3 is 9.88 Å². The number of aromatic nitrogens is 3. The molecule has 2 heterocycles. The molecule has 4 nitrogen and oxygen atoms in total. The van der Waals surface area contributed by atoms with Crippen LogP contribution in [0.4, 0.5) is 5.82 Å². The molecular formula is C13H17ClN4. The van der Waals surface area contributed by atoms with Gasteiger partial charge >= 0.3 is 0 Å². The van der Waals surface area contributed by atoms with Crippen molar-refractivity contribution < 1.29 is 0 Å². The average Bonchev–Trinajstić information content (AvgIpc) is 2.80. The predicted molar refractivity (Wildman–Crippen MR) is 74.1 cm³/mol. The van der Waals surface area contributed by atoms with E-state index in [-0.39, 0.29) is 0 Å². The Balaban J connectivity index is 2.24. The van der Waals surface area contributed by atoms with Crippen LogP contribution in [0.1, 0.15) is 24.9 Å². The standard InChI is InChI=1S/C13H17ClN4/c1-3-4-13-16-7-8-18(13)9-11-10(14)5-6-12(15-2)17-11/h5-8H,3-4,9H2,1-2H3,(H,15,17). The van der Waals surface area contributed by atoms with E-state index in [0.29, 0.717) is 11.6 Å². The molecule has 96 valence electrons. The number of nitrogens with one attached hydrogen (secondary N) is 1. The summed E-state index contributed by atoms with van der Waals surface area (Å²) in [5.74, 6) is 1.90. The first kappa shape index (κ1) is 12.9. The monoisotopic (exact) mass is 264 g/mol. The van der Waals surface area contributed by atoms with Crippen molar-refractivity contribution in [1.82, 2.24) is 14.5 Å². The van der Waals surface area contributed by atoms with Crippen LogP contribution in [0.2, 0.25) is 5.02 Å². The Morgan fingerprint density at radius 3 is 2.94 bits per heavy atom. The highest BCUT2D eigenvalue weighted by Crippen LogP contribution is 2.18. The van der Waals surface area contributed by atoms with E-state index >= 15 is 0 Å².